The SMILES string of the molecule is C[C@@H](CCc1ccccc1)NC(=O)C(=O)Nc1ccccc1. The zero-order chi connectivity index (χ0) is 15.8. The molecule has 0 aliphatic carbocycles. The molecule has 0 aliphatic heterocycles. The van der Waals surface area contributed by atoms with E-state index in [1.807, 2.05) is 31.2 Å². The maximum absolute atomic E-state index is 11.8. The number of hydrogen-bond acceptors (Lipinski definition) is 2. The Labute approximate surface area is 130 Å². The van der Waals surface area contributed by atoms with E-state index >= 15 is 0 Å². The summed E-state index contributed by atoms with van der Waals surface area (Å²) in [4.78, 5) is 23.6. The minimum absolute atomic E-state index is 0.0609. The lowest BCUT2D eigenvalue weighted by Crippen LogP contribution is -2.40. The minimum Gasteiger partial charge on any atom is -0.345 e. The van der Waals surface area contributed by atoms with Crippen molar-refractivity contribution in [3.05, 3.63) is 66.2 Å². The smallest absolute Gasteiger partial charge is 0.313 e. The Kier molecular flexibility index (Phi) is 5.72. The monoisotopic (exact) mass is 296 g/mol. The molecule has 0 spiro atoms. The topological polar surface area (TPSA) is 58.2 Å². The van der Waals surface area contributed by atoms with Crippen molar-refractivity contribution >= 4 is 17.5 Å². The highest BCUT2D eigenvalue weighted by Crippen LogP contribution is 2.06. The molecule has 2 aromatic rings. The van der Waals surface area contributed by atoms with Gasteiger partial charge in [0.25, 0.3) is 0 Å². The molecule has 2 rings (SSSR count). The van der Waals surface area contributed by atoms with Crippen molar-refractivity contribution in [2.24, 2.45) is 0 Å². The molecule has 0 saturated carbocycles. The van der Waals surface area contributed by atoms with Crippen molar-refractivity contribution in [2.45, 2.75) is 25.8 Å². The van der Waals surface area contributed by atoms with Crippen molar-refractivity contribution in [3.63, 3.8) is 0 Å². The van der Waals surface area contributed by atoms with Crippen molar-refractivity contribution in [2.75, 3.05) is 5.32 Å². The molecule has 2 amide bonds. The third-order valence-electron chi connectivity index (χ3n) is 3.32. The van der Waals surface area contributed by atoms with Gasteiger partial charge in [0.2, 0.25) is 0 Å². The lowest BCUT2D eigenvalue weighted by Gasteiger charge is -2.13. The van der Waals surface area contributed by atoms with Crippen LogP contribution in [0.2, 0.25) is 0 Å². The number of rotatable bonds is 5. The largest absolute Gasteiger partial charge is 0.345 e. The summed E-state index contributed by atoms with van der Waals surface area (Å²) in [7, 11) is 0. The van der Waals surface area contributed by atoms with Crippen LogP contribution in [0.3, 0.4) is 0 Å². The molecule has 0 bridgehead atoms. The first-order valence-corrected chi connectivity index (χ1v) is 7.36. The van der Waals surface area contributed by atoms with E-state index in [-0.39, 0.29) is 6.04 Å². The number of amides is 2. The van der Waals surface area contributed by atoms with Gasteiger partial charge in [-0.25, -0.2) is 0 Å². The Morgan fingerprint density at radius 2 is 1.50 bits per heavy atom. The molecule has 0 aliphatic rings. The van der Waals surface area contributed by atoms with E-state index in [1.54, 1.807) is 24.3 Å². The third-order valence-corrected chi connectivity index (χ3v) is 3.32. The normalized spacial score (nSPS) is 11.5. The zero-order valence-corrected chi connectivity index (χ0v) is 12.6. The molecule has 114 valence electrons. The Morgan fingerprint density at radius 3 is 2.14 bits per heavy atom. The molecule has 2 aromatic carbocycles. The van der Waals surface area contributed by atoms with Crippen LogP contribution in [0, 0.1) is 0 Å². The molecule has 0 radical (unpaired) electrons. The van der Waals surface area contributed by atoms with Gasteiger partial charge in [0.1, 0.15) is 0 Å². The van der Waals surface area contributed by atoms with Gasteiger partial charge >= 0.3 is 11.8 Å². The lowest BCUT2D eigenvalue weighted by atomic mass is 10.1. The number of benzene rings is 2. The van der Waals surface area contributed by atoms with Crippen molar-refractivity contribution in [3.8, 4) is 0 Å². The number of hydrogen-bond donors (Lipinski definition) is 2. The molecule has 0 unspecified atom stereocenters. The van der Waals surface area contributed by atoms with Crippen LogP contribution >= 0.6 is 0 Å². The fraction of sp³-hybridized carbons (Fsp3) is 0.222. The van der Waals surface area contributed by atoms with Crippen LogP contribution < -0.4 is 10.6 Å². The Balaban J connectivity index is 1.77. The first kappa shape index (κ1) is 15.8. The van der Waals surface area contributed by atoms with Gasteiger partial charge in [-0.05, 0) is 37.5 Å². The van der Waals surface area contributed by atoms with E-state index in [4.69, 9.17) is 0 Å². The average molecular weight is 296 g/mol. The second-order valence-electron chi connectivity index (χ2n) is 5.22. The molecule has 0 heterocycles. The average Bonchev–Trinajstić information content (AvgIpc) is 2.55. The van der Waals surface area contributed by atoms with E-state index in [9.17, 15) is 9.59 Å². The van der Waals surface area contributed by atoms with Gasteiger partial charge in [-0.15, -0.1) is 0 Å². The van der Waals surface area contributed by atoms with Crippen LogP contribution in [0.15, 0.2) is 60.7 Å². The first-order chi connectivity index (χ1) is 10.6. The van der Waals surface area contributed by atoms with Crippen LogP contribution in [0.4, 0.5) is 5.69 Å². The Hall–Kier alpha value is -2.62. The Bertz CT molecular complexity index is 611. The molecule has 4 heteroatoms. The first-order valence-electron chi connectivity index (χ1n) is 7.36. The van der Waals surface area contributed by atoms with Gasteiger partial charge in [0.05, 0.1) is 0 Å². The van der Waals surface area contributed by atoms with Gasteiger partial charge in [-0.1, -0.05) is 48.5 Å². The van der Waals surface area contributed by atoms with Crippen LogP contribution in [0.25, 0.3) is 0 Å². The molecule has 0 fully saturated rings. The maximum Gasteiger partial charge on any atom is 0.313 e. The molecule has 4 nitrogen and oxygen atoms in total. The number of para-hydroxylation sites is 1. The standard InChI is InChI=1S/C18H20N2O2/c1-14(12-13-15-8-4-2-5-9-15)19-17(21)18(22)20-16-10-6-3-7-11-16/h2-11,14H,12-13H2,1H3,(H,19,21)(H,20,22)/t14-/m0/s1. The highest BCUT2D eigenvalue weighted by molar-refractivity contribution is 6.39. The van der Waals surface area contributed by atoms with Gasteiger partial charge in [-0.3, -0.25) is 9.59 Å². The predicted molar refractivity (Wildman–Crippen MR) is 87.4 cm³/mol. The highest BCUT2D eigenvalue weighted by atomic mass is 16.2. The van der Waals surface area contributed by atoms with Gasteiger partial charge in [-0.2, -0.15) is 0 Å². The predicted octanol–water partition coefficient (Wildman–Crippen LogP) is 2.76. The lowest BCUT2D eigenvalue weighted by molar-refractivity contribution is -0.136. The number of carbonyl (C=O) groups is 2. The van der Waals surface area contributed by atoms with Crippen LogP contribution in [0.1, 0.15) is 18.9 Å². The summed E-state index contributed by atoms with van der Waals surface area (Å²) in [5, 5.41) is 5.29. The van der Waals surface area contributed by atoms with Crippen molar-refractivity contribution in [1.29, 1.82) is 0 Å². The Morgan fingerprint density at radius 1 is 0.909 bits per heavy atom. The molecule has 0 saturated heterocycles. The number of nitrogens with one attached hydrogen (secondary N) is 2. The molecule has 0 aromatic heterocycles. The minimum atomic E-state index is -0.641. The summed E-state index contributed by atoms with van der Waals surface area (Å²) in [6.45, 7) is 1.90. The fourth-order valence-electron chi connectivity index (χ4n) is 2.10. The highest BCUT2D eigenvalue weighted by Gasteiger charge is 2.16. The number of anilines is 1. The van der Waals surface area contributed by atoms with Gasteiger partial charge < -0.3 is 10.6 Å². The van der Waals surface area contributed by atoms with Crippen LogP contribution in [0.5, 0.6) is 0 Å². The van der Waals surface area contributed by atoms with E-state index in [2.05, 4.69) is 22.8 Å². The molecule has 1 atom stereocenters. The summed E-state index contributed by atoms with van der Waals surface area (Å²) in [5.41, 5.74) is 1.83. The third kappa shape index (κ3) is 5.05. The summed E-state index contributed by atoms with van der Waals surface area (Å²) in [5.74, 6) is -1.25. The van der Waals surface area contributed by atoms with E-state index in [1.165, 1.54) is 5.56 Å². The van der Waals surface area contributed by atoms with Gasteiger partial charge in [0.15, 0.2) is 0 Å². The number of aryl methyl sites for hydroxylation is 1. The number of carbonyl (C=O) groups excluding carboxylic acids is 2. The van der Waals surface area contributed by atoms with Crippen LogP contribution in [-0.4, -0.2) is 17.9 Å². The van der Waals surface area contributed by atoms with Crippen molar-refractivity contribution in [1.82, 2.24) is 5.32 Å². The van der Waals surface area contributed by atoms with Crippen LogP contribution in [-0.2, 0) is 16.0 Å². The summed E-state index contributed by atoms with van der Waals surface area (Å²) in [6.07, 6.45) is 1.65. The van der Waals surface area contributed by atoms with E-state index in [0.717, 1.165) is 12.8 Å². The fourth-order valence-corrected chi connectivity index (χ4v) is 2.10. The van der Waals surface area contributed by atoms with E-state index in [0.29, 0.717) is 5.69 Å². The van der Waals surface area contributed by atoms with Crippen molar-refractivity contribution < 1.29 is 9.59 Å². The molecular weight excluding hydrogens is 276 g/mol. The molecule has 2 N–H and O–H groups in total. The molecular formula is C18H20N2O2. The quantitative estimate of drug-likeness (QED) is 0.834. The second kappa shape index (κ2) is 7.98. The summed E-state index contributed by atoms with van der Waals surface area (Å²) < 4.78 is 0. The summed E-state index contributed by atoms with van der Waals surface area (Å²) in [6, 6.07) is 18.9. The summed E-state index contributed by atoms with van der Waals surface area (Å²) >= 11 is 0. The second-order valence-corrected chi connectivity index (χ2v) is 5.22. The molecule has 22 heavy (non-hydrogen) atoms. The van der Waals surface area contributed by atoms with Gasteiger partial charge in [0, 0.05) is 11.7 Å². The zero-order valence-electron chi connectivity index (χ0n) is 12.6. The van der Waals surface area contributed by atoms with E-state index < -0.39 is 11.8 Å². The maximum atomic E-state index is 11.8.